The van der Waals surface area contributed by atoms with Gasteiger partial charge in [-0.25, -0.2) is 0 Å². The molecule has 17 heavy (non-hydrogen) atoms. The van der Waals surface area contributed by atoms with Gasteiger partial charge in [-0.1, -0.05) is 6.92 Å². The van der Waals surface area contributed by atoms with Gasteiger partial charge in [0.1, 0.15) is 0 Å². The predicted molar refractivity (Wildman–Crippen MR) is 62.7 cm³/mol. The summed E-state index contributed by atoms with van der Waals surface area (Å²) in [5, 5.41) is -1.90. The fourth-order valence-corrected chi connectivity index (χ4v) is 4.34. The van der Waals surface area contributed by atoms with E-state index in [9.17, 15) is 9.13 Å². The number of rotatable bonds is 4. The molecule has 1 heterocycles. The highest BCUT2D eigenvalue weighted by Gasteiger charge is 2.44. The quantitative estimate of drug-likeness (QED) is 0.553. The van der Waals surface area contributed by atoms with Crippen molar-refractivity contribution in [2.24, 2.45) is 5.92 Å². The predicted octanol–water partition coefficient (Wildman–Crippen LogP) is 0.400. The van der Waals surface area contributed by atoms with Gasteiger partial charge in [-0.05, 0) is 31.8 Å². The van der Waals surface area contributed by atoms with Crippen molar-refractivity contribution in [3.63, 3.8) is 0 Å². The first kappa shape index (κ1) is 15.3. The Morgan fingerprint density at radius 1 is 1.12 bits per heavy atom. The van der Waals surface area contributed by atoms with E-state index in [1.165, 1.54) is 0 Å². The molecule has 0 radical (unpaired) electrons. The molecule has 102 valence electrons. The molecule has 0 unspecified atom stereocenters. The highest BCUT2D eigenvalue weighted by molar-refractivity contribution is 7.70. The minimum atomic E-state index is -4.78. The van der Waals surface area contributed by atoms with Gasteiger partial charge in [0.15, 0.2) is 5.40 Å². The highest BCUT2D eigenvalue weighted by atomic mass is 31.2. The molecule has 1 aliphatic heterocycles. The van der Waals surface area contributed by atoms with Gasteiger partial charge in [0.25, 0.3) is 0 Å². The van der Waals surface area contributed by atoms with Crippen LogP contribution in [-0.2, 0) is 9.13 Å². The van der Waals surface area contributed by atoms with Crippen molar-refractivity contribution in [2.75, 3.05) is 19.6 Å². The van der Waals surface area contributed by atoms with Crippen molar-refractivity contribution in [1.82, 2.24) is 4.90 Å². The lowest BCUT2D eigenvalue weighted by Crippen LogP contribution is -2.38. The second-order valence-corrected chi connectivity index (χ2v) is 8.65. The van der Waals surface area contributed by atoms with E-state index in [0.717, 1.165) is 12.8 Å². The lowest BCUT2D eigenvalue weighted by Gasteiger charge is -2.33. The Labute approximate surface area is 100 Å². The zero-order valence-corrected chi connectivity index (χ0v) is 11.4. The molecule has 0 saturated carbocycles. The van der Waals surface area contributed by atoms with Gasteiger partial charge in [-0.15, -0.1) is 0 Å². The molecular formula is C8H19NO6P2. The summed E-state index contributed by atoms with van der Waals surface area (Å²) in [5.41, 5.74) is 0. The third kappa shape index (κ3) is 4.79. The van der Waals surface area contributed by atoms with E-state index in [2.05, 4.69) is 6.92 Å². The second kappa shape index (κ2) is 5.49. The van der Waals surface area contributed by atoms with Crippen LogP contribution in [0, 0.1) is 5.92 Å². The van der Waals surface area contributed by atoms with Crippen molar-refractivity contribution in [3.05, 3.63) is 0 Å². The summed E-state index contributed by atoms with van der Waals surface area (Å²) >= 11 is 0. The van der Waals surface area contributed by atoms with Gasteiger partial charge in [0.2, 0.25) is 0 Å². The molecule has 1 aliphatic rings. The first-order valence-corrected chi connectivity index (χ1v) is 8.80. The van der Waals surface area contributed by atoms with Gasteiger partial charge in [0, 0.05) is 6.54 Å². The molecule has 0 aromatic carbocycles. The fraction of sp³-hybridized carbons (Fsp3) is 1.00. The highest BCUT2D eigenvalue weighted by Crippen LogP contribution is 2.60. The first-order valence-electron chi connectivity index (χ1n) is 5.43. The number of nitrogens with zero attached hydrogens (tertiary/aromatic N) is 1. The van der Waals surface area contributed by atoms with Crippen LogP contribution in [0.25, 0.3) is 0 Å². The summed E-state index contributed by atoms with van der Waals surface area (Å²) in [6.45, 7) is 3.08. The normalized spacial score (nSPS) is 21.1. The molecule has 0 atom stereocenters. The molecule has 1 fully saturated rings. The standard InChI is InChI=1S/C8H19NO6P2/c1-7-2-4-9(5-3-7)6-8(16(10,11)12)17(13,14)15/h7-8H,2-6H2,1H3,(H2,10,11,12)(H2,13,14,15). The molecule has 0 aliphatic carbocycles. The second-order valence-electron chi connectivity index (χ2n) is 4.64. The van der Waals surface area contributed by atoms with Crippen LogP contribution in [0.3, 0.4) is 0 Å². The number of hydrogen-bond acceptors (Lipinski definition) is 3. The van der Waals surface area contributed by atoms with Gasteiger partial charge < -0.3 is 24.5 Å². The third-order valence-corrected chi connectivity index (χ3v) is 6.76. The van der Waals surface area contributed by atoms with Gasteiger partial charge in [-0.3, -0.25) is 9.13 Å². The van der Waals surface area contributed by atoms with Crippen LogP contribution < -0.4 is 0 Å². The van der Waals surface area contributed by atoms with E-state index >= 15 is 0 Å². The van der Waals surface area contributed by atoms with E-state index in [-0.39, 0.29) is 6.54 Å². The monoisotopic (exact) mass is 287 g/mol. The Morgan fingerprint density at radius 3 is 1.88 bits per heavy atom. The smallest absolute Gasteiger partial charge is 0.324 e. The van der Waals surface area contributed by atoms with Crippen LogP contribution in [0.5, 0.6) is 0 Å². The Morgan fingerprint density at radius 2 is 1.53 bits per heavy atom. The molecule has 7 nitrogen and oxygen atoms in total. The summed E-state index contributed by atoms with van der Waals surface area (Å²) in [5.74, 6) is 0.551. The minimum Gasteiger partial charge on any atom is -0.324 e. The Kier molecular flexibility index (Phi) is 4.95. The zero-order chi connectivity index (χ0) is 13.3. The van der Waals surface area contributed by atoms with Crippen LogP contribution in [0.1, 0.15) is 19.8 Å². The average molecular weight is 287 g/mol. The van der Waals surface area contributed by atoms with Crippen molar-refractivity contribution < 1.29 is 28.7 Å². The van der Waals surface area contributed by atoms with E-state index in [1.54, 1.807) is 4.90 Å². The third-order valence-electron chi connectivity index (χ3n) is 3.07. The van der Waals surface area contributed by atoms with Gasteiger partial charge in [0.05, 0.1) is 0 Å². The molecule has 0 aromatic heterocycles. The van der Waals surface area contributed by atoms with E-state index < -0.39 is 20.6 Å². The zero-order valence-electron chi connectivity index (χ0n) is 9.64. The number of piperidine rings is 1. The van der Waals surface area contributed by atoms with Crippen LogP contribution >= 0.6 is 15.2 Å². The average Bonchev–Trinajstić information content (AvgIpc) is 2.13. The van der Waals surface area contributed by atoms with E-state index in [1.807, 2.05) is 0 Å². The molecule has 9 heteroatoms. The van der Waals surface area contributed by atoms with Crippen LogP contribution in [0.4, 0.5) is 0 Å². The van der Waals surface area contributed by atoms with E-state index in [0.29, 0.717) is 19.0 Å². The van der Waals surface area contributed by atoms with E-state index in [4.69, 9.17) is 19.6 Å². The van der Waals surface area contributed by atoms with Gasteiger partial charge >= 0.3 is 15.2 Å². The molecule has 0 bridgehead atoms. The SMILES string of the molecule is CC1CCN(CC(P(=O)(O)O)P(=O)(O)O)CC1. The van der Waals surface area contributed by atoms with Crippen LogP contribution in [0.2, 0.25) is 0 Å². The maximum absolute atomic E-state index is 11.1. The summed E-state index contributed by atoms with van der Waals surface area (Å²) in [6, 6.07) is 0. The van der Waals surface area contributed by atoms with Crippen LogP contribution in [-0.4, -0.2) is 49.5 Å². The molecule has 1 rings (SSSR count). The Hall–Kier alpha value is 0.260. The largest absolute Gasteiger partial charge is 0.342 e. The maximum Gasteiger partial charge on any atom is 0.342 e. The van der Waals surface area contributed by atoms with Crippen molar-refractivity contribution in [2.45, 2.75) is 25.2 Å². The maximum atomic E-state index is 11.1. The topological polar surface area (TPSA) is 118 Å². The summed E-state index contributed by atoms with van der Waals surface area (Å²) in [7, 11) is -9.57. The number of hydrogen-bond donors (Lipinski definition) is 4. The minimum absolute atomic E-state index is 0.249. The number of likely N-dealkylation sites (tertiary alicyclic amines) is 1. The first-order chi connectivity index (χ1) is 7.60. The summed E-state index contributed by atoms with van der Waals surface area (Å²) in [4.78, 5) is 37.7. The lowest BCUT2D eigenvalue weighted by atomic mass is 9.99. The Bertz CT molecular complexity index is 320. The summed E-state index contributed by atoms with van der Waals surface area (Å²) < 4.78 is 22.2. The van der Waals surface area contributed by atoms with Gasteiger partial charge in [-0.2, -0.15) is 0 Å². The molecular weight excluding hydrogens is 268 g/mol. The molecule has 1 saturated heterocycles. The Balaban J connectivity index is 2.69. The molecule has 0 amide bonds. The molecule has 0 aromatic rings. The van der Waals surface area contributed by atoms with Crippen LogP contribution in [0.15, 0.2) is 0 Å². The lowest BCUT2D eigenvalue weighted by molar-refractivity contribution is 0.190. The van der Waals surface area contributed by atoms with Crippen molar-refractivity contribution in [1.29, 1.82) is 0 Å². The van der Waals surface area contributed by atoms with Crippen molar-refractivity contribution >= 4 is 15.2 Å². The molecule has 0 spiro atoms. The molecule has 4 N–H and O–H groups in total. The summed E-state index contributed by atoms with van der Waals surface area (Å²) in [6.07, 6.45) is 1.77. The van der Waals surface area contributed by atoms with Crippen molar-refractivity contribution in [3.8, 4) is 0 Å². The fourth-order valence-electron chi connectivity index (χ4n) is 1.88.